The largest absolute Gasteiger partial charge is 0.484 e. The highest BCUT2D eigenvalue weighted by molar-refractivity contribution is 5.84. The normalized spacial score (nSPS) is 10.4. The molecule has 0 aliphatic carbocycles. The third-order valence-electron chi connectivity index (χ3n) is 3.94. The van der Waals surface area contributed by atoms with E-state index in [9.17, 15) is 9.59 Å². The van der Waals surface area contributed by atoms with Crippen molar-refractivity contribution in [3.63, 3.8) is 0 Å². The predicted molar refractivity (Wildman–Crippen MR) is 99.1 cm³/mol. The van der Waals surface area contributed by atoms with Crippen LogP contribution in [0, 0.1) is 0 Å². The van der Waals surface area contributed by atoms with Crippen LogP contribution in [0.1, 0.15) is 45.4 Å². The molecule has 2 rings (SSSR count). The number of unbranched alkanes of at least 4 members (excludes halogenated alkanes) is 4. The summed E-state index contributed by atoms with van der Waals surface area (Å²) in [5, 5.41) is 2.17. The maximum Gasteiger partial charge on any atom is 0.276 e. The number of nitrogens with one attached hydrogen (secondary N) is 2. The van der Waals surface area contributed by atoms with E-state index in [1.165, 1.54) is 12.8 Å². The Kier molecular flexibility index (Phi) is 7.76. The molecule has 2 N–H and O–H groups in total. The average molecular weight is 342 g/mol. The molecule has 0 atom stereocenters. The van der Waals surface area contributed by atoms with E-state index in [0.29, 0.717) is 12.2 Å². The van der Waals surface area contributed by atoms with Gasteiger partial charge in [0.25, 0.3) is 5.91 Å². The van der Waals surface area contributed by atoms with E-state index in [4.69, 9.17) is 4.74 Å². The van der Waals surface area contributed by atoms with Gasteiger partial charge in [0.2, 0.25) is 5.91 Å². The van der Waals surface area contributed by atoms with Gasteiger partial charge >= 0.3 is 0 Å². The second-order valence-electron chi connectivity index (χ2n) is 6.06. The van der Waals surface area contributed by atoms with E-state index in [2.05, 4.69) is 17.8 Å². The first-order chi connectivity index (χ1) is 12.2. The van der Waals surface area contributed by atoms with Crippen molar-refractivity contribution in [2.75, 3.05) is 6.61 Å². The molecule has 0 aliphatic rings. The average Bonchev–Trinajstić information content (AvgIpc) is 2.64. The van der Waals surface area contributed by atoms with Crippen LogP contribution < -0.4 is 15.6 Å². The van der Waals surface area contributed by atoms with Gasteiger partial charge in [0.15, 0.2) is 6.61 Å². The number of hydrazine groups is 1. The minimum Gasteiger partial charge on any atom is -0.484 e. The smallest absolute Gasteiger partial charge is 0.276 e. The van der Waals surface area contributed by atoms with Crippen LogP contribution in [0.25, 0.3) is 10.8 Å². The van der Waals surface area contributed by atoms with Crippen LogP contribution in [0.3, 0.4) is 0 Å². The molecule has 0 saturated carbocycles. The lowest BCUT2D eigenvalue weighted by molar-refractivity contribution is -0.130. The van der Waals surface area contributed by atoms with Gasteiger partial charge in [-0.15, -0.1) is 0 Å². The molecule has 0 bridgehead atoms. The minimum absolute atomic E-state index is 0.144. The number of benzene rings is 2. The fourth-order valence-electron chi connectivity index (χ4n) is 2.53. The molecule has 2 aromatic rings. The summed E-state index contributed by atoms with van der Waals surface area (Å²) in [4.78, 5) is 23.4. The van der Waals surface area contributed by atoms with Crippen LogP contribution in [-0.2, 0) is 9.59 Å². The van der Waals surface area contributed by atoms with E-state index in [1.54, 1.807) is 0 Å². The van der Waals surface area contributed by atoms with Crippen LogP contribution in [0.15, 0.2) is 42.5 Å². The van der Waals surface area contributed by atoms with Crippen molar-refractivity contribution >= 4 is 22.6 Å². The molecular weight excluding hydrogens is 316 g/mol. The lowest BCUT2D eigenvalue weighted by Crippen LogP contribution is -2.43. The zero-order valence-corrected chi connectivity index (χ0v) is 14.7. The molecule has 2 amide bonds. The van der Waals surface area contributed by atoms with Crippen molar-refractivity contribution in [1.29, 1.82) is 0 Å². The molecule has 25 heavy (non-hydrogen) atoms. The number of carbonyl (C=O) groups excluding carboxylic acids is 2. The highest BCUT2D eigenvalue weighted by Crippen LogP contribution is 2.20. The standard InChI is InChI=1S/C20H26N2O3/c1-2-3-4-5-6-11-19(23)21-22-20(24)15-25-18-13-12-16-9-7-8-10-17(16)14-18/h7-10,12-14H,2-6,11,15H2,1H3,(H,21,23)(H,22,24). The zero-order valence-electron chi connectivity index (χ0n) is 14.7. The van der Waals surface area contributed by atoms with Gasteiger partial charge in [-0.05, 0) is 29.3 Å². The first-order valence-electron chi connectivity index (χ1n) is 8.88. The Bertz CT molecular complexity index is 700. The number of rotatable bonds is 9. The third kappa shape index (κ3) is 6.83. The Labute approximate surface area is 148 Å². The van der Waals surface area contributed by atoms with Gasteiger partial charge < -0.3 is 4.74 Å². The van der Waals surface area contributed by atoms with Crippen molar-refractivity contribution in [2.45, 2.75) is 45.4 Å². The van der Waals surface area contributed by atoms with Gasteiger partial charge in [-0.2, -0.15) is 0 Å². The molecule has 0 aliphatic heterocycles. The molecule has 5 nitrogen and oxygen atoms in total. The summed E-state index contributed by atoms with van der Waals surface area (Å²) in [5.74, 6) is 0.0687. The Hall–Kier alpha value is -2.56. The SMILES string of the molecule is CCCCCCCC(=O)NNC(=O)COc1ccc2ccccc2c1. The first kappa shape index (κ1) is 18.8. The summed E-state index contributed by atoms with van der Waals surface area (Å²) >= 11 is 0. The van der Waals surface area contributed by atoms with Crippen LogP contribution >= 0.6 is 0 Å². The van der Waals surface area contributed by atoms with Gasteiger partial charge in [-0.1, -0.05) is 62.9 Å². The van der Waals surface area contributed by atoms with Gasteiger partial charge in [0.1, 0.15) is 5.75 Å². The number of hydrogen-bond donors (Lipinski definition) is 2. The molecule has 0 saturated heterocycles. The summed E-state index contributed by atoms with van der Waals surface area (Å²) in [6.07, 6.45) is 5.84. The van der Waals surface area contributed by atoms with Crippen LogP contribution in [0.2, 0.25) is 0 Å². The second kappa shape index (κ2) is 10.3. The molecule has 5 heteroatoms. The van der Waals surface area contributed by atoms with Crippen molar-refractivity contribution in [2.24, 2.45) is 0 Å². The zero-order chi connectivity index (χ0) is 17.9. The first-order valence-corrected chi connectivity index (χ1v) is 8.88. The minimum atomic E-state index is -0.382. The predicted octanol–water partition coefficient (Wildman–Crippen LogP) is 3.73. The molecule has 2 aromatic carbocycles. The molecule has 0 aromatic heterocycles. The third-order valence-corrected chi connectivity index (χ3v) is 3.94. The summed E-state index contributed by atoms with van der Waals surface area (Å²) in [7, 11) is 0. The van der Waals surface area contributed by atoms with Crippen LogP contribution in [0.4, 0.5) is 0 Å². The summed E-state index contributed by atoms with van der Waals surface area (Å²) in [6.45, 7) is 2.01. The van der Waals surface area contributed by atoms with Crippen LogP contribution in [-0.4, -0.2) is 18.4 Å². The van der Waals surface area contributed by atoms with Gasteiger partial charge in [-0.25, -0.2) is 0 Å². The van der Waals surface area contributed by atoms with E-state index in [1.807, 2.05) is 42.5 Å². The van der Waals surface area contributed by atoms with E-state index < -0.39 is 0 Å². The topological polar surface area (TPSA) is 67.4 Å². The number of hydrogen-bond acceptors (Lipinski definition) is 3. The fraction of sp³-hybridized carbons (Fsp3) is 0.400. The van der Waals surface area contributed by atoms with E-state index in [0.717, 1.165) is 30.0 Å². The molecular formula is C20H26N2O3. The Morgan fingerprint density at radius 2 is 1.60 bits per heavy atom. The maximum atomic E-state index is 11.7. The molecule has 0 unspecified atom stereocenters. The van der Waals surface area contributed by atoms with Gasteiger partial charge in [0.05, 0.1) is 0 Å². The Morgan fingerprint density at radius 1 is 0.880 bits per heavy atom. The fourth-order valence-corrected chi connectivity index (χ4v) is 2.53. The molecule has 0 spiro atoms. The Balaban J connectivity index is 1.65. The van der Waals surface area contributed by atoms with Gasteiger partial charge in [-0.3, -0.25) is 20.4 Å². The summed E-state index contributed by atoms with van der Waals surface area (Å²) in [5.41, 5.74) is 4.80. The summed E-state index contributed by atoms with van der Waals surface area (Å²) < 4.78 is 5.47. The highest BCUT2D eigenvalue weighted by Gasteiger charge is 2.06. The van der Waals surface area contributed by atoms with Crippen molar-refractivity contribution < 1.29 is 14.3 Å². The number of fused-ring (bicyclic) bond motifs is 1. The number of amides is 2. The van der Waals surface area contributed by atoms with Crippen molar-refractivity contribution in [3.8, 4) is 5.75 Å². The van der Waals surface area contributed by atoms with E-state index >= 15 is 0 Å². The number of carbonyl (C=O) groups is 2. The second-order valence-corrected chi connectivity index (χ2v) is 6.06. The van der Waals surface area contributed by atoms with Gasteiger partial charge in [0, 0.05) is 6.42 Å². The molecule has 134 valence electrons. The van der Waals surface area contributed by atoms with Crippen LogP contribution in [0.5, 0.6) is 5.75 Å². The lowest BCUT2D eigenvalue weighted by atomic mass is 10.1. The monoisotopic (exact) mass is 342 g/mol. The molecule has 0 heterocycles. The maximum absolute atomic E-state index is 11.7. The Morgan fingerprint density at radius 3 is 2.40 bits per heavy atom. The molecule has 0 radical (unpaired) electrons. The summed E-state index contributed by atoms with van der Waals surface area (Å²) in [6, 6.07) is 13.6. The number of ether oxygens (including phenoxy) is 1. The lowest BCUT2D eigenvalue weighted by Gasteiger charge is -2.09. The van der Waals surface area contributed by atoms with Crippen molar-refractivity contribution in [1.82, 2.24) is 10.9 Å². The van der Waals surface area contributed by atoms with Crippen molar-refractivity contribution in [3.05, 3.63) is 42.5 Å². The molecule has 0 fully saturated rings. The van der Waals surface area contributed by atoms with E-state index in [-0.39, 0.29) is 18.4 Å². The quantitative estimate of drug-likeness (QED) is 0.539. The highest BCUT2D eigenvalue weighted by atomic mass is 16.5.